The van der Waals surface area contributed by atoms with Crippen LogP contribution in [0.5, 0.6) is 5.75 Å². The maximum atomic E-state index is 13.6. The topological polar surface area (TPSA) is 58.6 Å². The maximum absolute atomic E-state index is 13.6. The number of ether oxygens (including phenoxy) is 1. The Morgan fingerprint density at radius 3 is 2.57 bits per heavy atom. The highest BCUT2D eigenvalue weighted by Crippen LogP contribution is 2.36. The summed E-state index contributed by atoms with van der Waals surface area (Å²) in [4.78, 5) is 27.2. The molecular formula is C24H21FN2O3. The van der Waals surface area contributed by atoms with Crippen LogP contribution in [-0.2, 0) is 9.59 Å². The van der Waals surface area contributed by atoms with Gasteiger partial charge in [0.2, 0.25) is 5.91 Å². The highest BCUT2D eigenvalue weighted by atomic mass is 19.1. The first-order valence-electron chi connectivity index (χ1n) is 9.64. The third kappa shape index (κ3) is 4.17. The summed E-state index contributed by atoms with van der Waals surface area (Å²) >= 11 is 0. The highest BCUT2D eigenvalue weighted by molar-refractivity contribution is 5.97. The van der Waals surface area contributed by atoms with Crippen LogP contribution >= 0.6 is 0 Å². The lowest BCUT2D eigenvalue weighted by molar-refractivity contribution is -0.138. The van der Waals surface area contributed by atoms with Gasteiger partial charge in [0.1, 0.15) is 18.1 Å². The Bertz CT molecular complexity index is 1070. The molecule has 152 valence electrons. The van der Waals surface area contributed by atoms with Crippen molar-refractivity contribution < 1.29 is 18.7 Å². The van der Waals surface area contributed by atoms with Gasteiger partial charge in [-0.05, 0) is 42.8 Å². The average Bonchev–Trinajstić information content (AvgIpc) is 2.89. The molecule has 0 bridgehead atoms. The smallest absolute Gasteiger partial charge is 0.261 e. The van der Waals surface area contributed by atoms with Gasteiger partial charge in [0, 0.05) is 11.3 Å². The van der Waals surface area contributed by atoms with Gasteiger partial charge in [-0.3, -0.25) is 9.59 Å². The minimum atomic E-state index is -0.550. The van der Waals surface area contributed by atoms with Gasteiger partial charge in [0.05, 0.1) is 6.04 Å². The second-order valence-corrected chi connectivity index (χ2v) is 7.22. The molecule has 1 N–H and O–H groups in total. The molecule has 0 saturated heterocycles. The molecule has 30 heavy (non-hydrogen) atoms. The van der Waals surface area contributed by atoms with Crippen molar-refractivity contribution in [3.8, 4) is 5.75 Å². The first kappa shape index (κ1) is 19.6. The number of carbonyl (C=O) groups excluding carboxylic acids is 2. The number of hydrogen-bond donors (Lipinski definition) is 1. The van der Waals surface area contributed by atoms with Gasteiger partial charge in [0.15, 0.2) is 6.61 Å². The SMILES string of the molecule is Cc1ccc2c(c1)[C@@H](c1ccc(F)cc1)N(C(=O)COc1ccccc1)CC(=O)N2. The summed E-state index contributed by atoms with van der Waals surface area (Å²) in [6.07, 6.45) is 0. The minimum Gasteiger partial charge on any atom is -0.484 e. The van der Waals surface area contributed by atoms with Crippen LogP contribution in [0.2, 0.25) is 0 Å². The molecule has 6 heteroatoms. The molecule has 3 aromatic carbocycles. The molecule has 1 aliphatic heterocycles. The van der Waals surface area contributed by atoms with Crippen molar-refractivity contribution >= 4 is 17.5 Å². The number of para-hydroxylation sites is 1. The second-order valence-electron chi connectivity index (χ2n) is 7.22. The number of nitrogens with one attached hydrogen (secondary N) is 1. The van der Waals surface area contributed by atoms with E-state index in [1.165, 1.54) is 17.0 Å². The summed E-state index contributed by atoms with van der Waals surface area (Å²) in [7, 11) is 0. The molecule has 0 aliphatic carbocycles. The average molecular weight is 404 g/mol. The number of hydrogen-bond acceptors (Lipinski definition) is 3. The van der Waals surface area contributed by atoms with Gasteiger partial charge < -0.3 is 15.0 Å². The maximum Gasteiger partial charge on any atom is 0.261 e. The molecule has 0 radical (unpaired) electrons. The monoisotopic (exact) mass is 404 g/mol. The largest absolute Gasteiger partial charge is 0.484 e. The molecule has 4 rings (SSSR count). The predicted octanol–water partition coefficient (Wildman–Crippen LogP) is 4.08. The number of anilines is 1. The van der Waals surface area contributed by atoms with E-state index in [2.05, 4.69) is 5.32 Å². The zero-order valence-corrected chi connectivity index (χ0v) is 16.5. The van der Waals surface area contributed by atoms with Crippen molar-refractivity contribution in [2.75, 3.05) is 18.5 Å². The zero-order chi connectivity index (χ0) is 21.1. The van der Waals surface area contributed by atoms with Crippen LogP contribution in [-0.4, -0.2) is 29.9 Å². The Labute approximate surface area is 174 Å². The molecule has 1 heterocycles. The van der Waals surface area contributed by atoms with Crippen molar-refractivity contribution in [1.82, 2.24) is 4.90 Å². The van der Waals surface area contributed by atoms with Gasteiger partial charge >= 0.3 is 0 Å². The second kappa shape index (κ2) is 8.37. The van der Waals surface area contributed by atoms with E-state index in [1.54, 1.807) is 24.3 Å². The molecular weight excluding hydrogens is 383 g/mol. The van der Waals surface area contributed by atoms with Gasteiger partial charge in [-0.1, -0.05) is 48.0 Å². The number of halogens is 1. The normalized spacial score (nSPS) is 15.7. The molecule has 3 aromatic rings. The third-order valence-electron chi connectivity index (χ3n) is 5.01. The van der Waals surface area contributed by atoms with E-state index in [1.807, 2.05) is 43.3 Å². The molecule has 2 amide bonds. The van der Waals surface area contributed by atoms with Crippen molar-refractivity contribution in [3.05, 3.63) is 95.3 Å². The summed E-state index contributed by atoms with van der Waals surface area (Å²) in [5.74, 6) is -0.425. The Hall–Kier alpha value is -3.67. The van der Waals surface area contributed by atoms with Gasteiger partial charge in [0.25, 0.3) is 5.91 Å². The fourth-order valence-electron chi connectivity index (χ4n) is 3.61. The Kier molecular flexibility index (Phi) is 5.48. The summed E-state index contributed by atoms with van der Waals surface area (Å²) in [6.45, 7) is 1.60. The van der Waals surface area contributed by atoms with Crippen molar-refractivity contribution in [3.63, 3.8) is 0 Å². The van der Waals surface area contributed by atoms with E-state index in [-0.39, 0.29) is 30.8 Å². The van der Waals surface area contributed by atoms with Gasteiger partial charge in [-0.15, -0.1) is 0 Å². The van der Waals surface area contributed by atoms with E-state index >= 15 is 0 Å². The fraction of sp³-hybridized carbons (Fsp3) is 0.167. The van der Waals surface area contributed by atoms with E-state index in [9.17, 15) is 14.0 Å². The Balaban J connectivity index is 1.72. The summed E-state index contributed by atoms with van der Waals surface area (Å²) in [6, 6.07) is 20.1. The molecule has 0 saturated carbocycles. The van der Waals surface area contributed by atoms with Gasteiger partial charge in [-0.2, -0.15) is 0 Å². The first-order chi connectivity index (χ1) is 14.5. The number of rotatable bonds is 4. The fourth-order valence-corrected chi connectivity index (χ4v) is 3.61. The summed E-state index contributed by atoms with van der Waals surface area (Å²) in [5.41, 5.74) is 3.12. The lowest BCUT2D eigenvalue weighted by atomic mass is 9.94. The number of amides is 2. The molecule has 5 nitrogen and oxygen atoms in total. The molecule has 0 aromatic heterocycles. The number of benzene rings is 3. The molecule has 0 fully saturated rings. The predicted molar refractivity (Wildman–Crippen MR) is 112 cm³/mol. The zero-order valence-electron chi connectivity index (χ0n) is 16.5. The highest BCUT2D eigenvalue weighted by Gasteiger charge is 2.33. The Morgan fingerprint density at radius 1 is 1.10 bits per heavy atom. The number of nitrogens with zero attached hydrogens (tertiary/aromatic N) is 1. The van der Waals surface area contributed by atoms with Gasteiger partial charge in [-0.25, -0.2) is 4.39 Å². The van der Waals surface area contributed by atoms with Crippen molar-refractivity contribution in [2.24, 2.45) is 0 Å². The quantitative estimate of drug-likeness (QED) is 0.713. The number of aryl methyl sites for hydroxylation is 1. The summed E-state index contributed by atoms with van der Waals surface area (Å²) < 4.78 is 19.2. The lowest BCUT2D eigenvalue weighted by Crippen LogP contribution is -2.41. The summed E-state index contributed by atoms with van der Waals surface area (Å²) in [5, 5.41) is 2.87. The van der Waals surface area contributed by atoms with E-state index in [0.29, 0.717) is 17.0 Å². The molecule has 0 unspecified atom stereocenters. The first-order valence-corrected chi connectivity index (χ1v) is 9.64. The lowest BCUT2D eigenvalue weighted by Gasteiger charge is -2.30. The molecule has 0 spiro atoms. The van der Waals surface area contributed by atoms with Crippen LogP contribution in [0.3, 0.4) is 0 Å². The third-order valence-corrected chi connectivity index (χ3v) is 5.01. The van der Waals surface area contributed by atoms with Crippen LogP contribution in [0.1, 0.15) is 22.7 Å². The van der Waals surface area contributed by atoms with Crippen LogP contribution in [0.25, 0.3) is 0 Å². The van der Waals surface area contributed by atoms with Crippen LogP contribution in [0.15, 0.2) is 72.8 Å². The van der Waals surface area contributed by atoms with E-state index in [4.69, 9.17) is 4.74 Å². The molecule has 1 atom stereocenters. The Morgan fingerprint density at radius 2 is 1.83 bits per heavy atom. The van der Waals surface area contributed by atoms with Crippen LogP contribution < -0.4 is 10.1 Å². The minimum absolute atomic E-state index is 0.132. The van der Waals surface area contributed by atoms with E-state index < -0.39 is 6.04 Å². The van der Waals surface area contributed by atoms with Crippen molar-refractivity contribution in [2.45, 2.75) is 13.0 Å². The van der Waals surface area contributed by atoms with Crippen LogP contribution in [0, 0.1) is 12.7 Å². The van der Waals surface area contributed by atoms with E-state index in [0.717, 1.165) is 11.1 Å². The van der Waals surface area contributed by atoms with Crippen LogP contribution in [0.4, 0.5) is 10.1 Å². The molecule has 1 aliphatic rings. The number of carbonyl (C=O) groups is 2. The standard InChI is InChI=1S/C24H21FN2O3/c1-16-7-12-21-20(13-16)24(17-8-10-18(25)11-9-17)27(14-22(28)26-21)23(29)15-30-19-5-3-2-4-6-19/h2-13,24H,14-15H2,1H3,(H,26,28)/t24-/m1/s1. The van der Waals surface area contributed by atoms with Crippen molar-refractivity contribution in [1.29, 1.82) is 0 Å². The number of fused-ring (bicyclic) bond motifs is 1.